The van der Waals surface area contributed by atoms with Crippen molar-refractivity contribution in [1.29, 1.82) is 0 Å². The Hall–Kier alpha value is -2.26. The normalized spacial score (nSPS) is 11.7. The monoisotopic (exact) mass is 371 g/mol. The number of pyridine rings is 1. The van der Waals surface area contributed by atoms with Crippen molar-refractivity contribution >= 4 is 28.9 Å². The van der Waals surface area contributed by atoms with Crippen molar-refractivity contribution in [3.63, 3.8) is 0 Å². The summed E-state index contributed by atoms with van der Waals surface area (Å²) in [5.41, 5.74) is 6.06. The van der Waals surface area contributed by atoms with E-state index in [1.54, 1.807) is 13.0 Å². The number of nitrogens with zero attached hydrogens (tertiary/aromatic N) is 4. The van der Waals surface area contributed by atoms with Gasteiger partial charge in [-0.2, -0.15) is 13.2 Å². The van der Waals surface area contributed by atoms with E-state index >= 15 is 0 Å². The molecule has 0 aliphatic carbocycles. The predicted octanol–water partition coefficient (Wildman–Crippen LogP) is 4.22. The zero-order valence-corrected chi connectivity index (χ0v) is 13.7. The van der Waals surface area contributed by atoms with Crippen molar-refractivity contribution in [1.82, 2.24) is 19.9 Å². The van der Waals surface area contributed by atoms with Crippen LogP contribution in [0.25, 0.3) is 21.3 Å². The molecule has 24 heavy (non-hydrogen) atoms. The quantitative estimate of drug-likeness (QED) is 0.729. The maximum Gasteiger partial charge on any atom is 0.417 e. The summed E-state index contributed by atoms with van der Waals surface area (Å²) in [4.78, 5) is 16.8. The van der Waals surface area contributed by atoms with Gasteiger partial charge in [-0.25, -0.2) is 15.0 Å². The van der Waals surface area contributed by atoms with Gasteiger partial charge >= 0.3 is 6.18 Å². The van der Waals surface area contributed by atoms with Crippen LogP contribution in [0.5, 0.6) is 0 Å². The molecule has 0 unspecified atom stereocenters. The van der Waals surface area contributed by atoms with Gasteiger partial charge in [0, 0.05) is 12.4 Å². The van der Waals surface area contributed by atoms with Gasteiger partial charge in [0.25, 0.3) is 0 Å². The predicted molar refractivity (Wildman–Crippen MR) is 85.5 cm³/mol. The zero-order valence-electron chi connectivity index (χ0n) is 12.1. The van der Waals surface area contributed by atoms with Crippen LogP contribution in [0.4, 0.5) is 19.1 Å². The van der Waals surface area contributed by atoms with Crippen molar-refractivity contribution in [2.24, 2.45) is 0 Å². The molecule has 3 aromatic rings. The number of nitrogens with two attached hydrogens (primary N) is 1. The molecule has 0 saturated heterocycles. The van der Waals surface area contributed by atoms with Gasteiger partial charge in [0.2, 0.25) is 5.95 Å². The first-order chi connectivity index (χ1) is 11.3. The Bertz CT molecular complexity index is 910. The summed E-state index contributed by atoms with van der Waals surface area (Å²) < 4.78 is 38.1. The van der Waals surface area contributed by atoms with E-state index in [0.717, 1.165) is 17.1 Å². The molecule has 0 aliphatic rings. The van der Waals surface area contributed by atoms with E-state index < -0.39 is 11.7 Å². The second kappa shape index (κ2) is 5.99. The van der Waals surface area contributed by atoms with Crippen molar-refractivity contribution in [2.75, 3.05) is 5.73 Å². The lowest BCUT2D eigenvalue weighted by molar-refractivity contribution is -0.137. The first kappa shape index (κ1) is 16.6. The molecular weight excluding hydrogens is 363 g/mol. The summed E-state index contributed by atoms with van der Waals surface area (Å²) >= 11 is 7.18. The number of halogens is 4. The topological polar surface area (TPSA) is 77.6 Å². The van der Waals surface area contributed by atoms with E-state index in [2.05, 4.69) is 19.9 Å². The van der Waals surface area contributed by atoms with Gasteiger partial charge in [-0.15, -0.1) is 11.3 Å². The first-order valence-electron chi connectivity index (χ1n) is 6.55. The number of hydrogen-bond acceptors (Lipinski definition) is 6. The summed E-state index contributed by atoms with van der Waals surface area (Å²) in [6, 6.07) is 2.51. The minimum Gasteiger partial charge on any atom is -0.368 e. The Morgan fingerprint density at radius 3 is 2.58 bits per heavy atom. The first-order valence-corrected chi connectivity index (χ1v) is 7.74. The molecule has 0 bridgehead atoms. The van der Waals surface area contributed by atoms with E-state index in [1.165, 1.54) is 17.5 Å². The lowest BCUT2D eigenvalue weighted by Gasteiger charge is -2.07. The Morgan fingerprint density at radius 1 is 1.21 bits per heavy atom. The van der Waals surface area contributed by atoms with Gasteiger partial charge in [-0.05, 0) is 19.1 Å². The Morgan fingerprint density at radius 2 is 1.96 bits per heavy atom. The highest BCUT2D eigenvalue weighted by Gasteiger charge is 2.32. The molecule has 2 N–H and O–H groups in total. The van der Waals surface area contributed by atoms with Crippen molar-refractivity contribution in [3.8, 4) is 21.3 Å². The molecule has 0 radical (unpaired) electrons. The fourth-order valence-corrected chi connectivity index (χ4v) is 3.34. The van der Waals surface area contributed by atoms with Crippen LogP contribution in [0.15, 0.2) is 24.5 Å². The van der Waals surface area contributed by atoms with Crippen molar-refractivity contribution < 1.29 is 13.2 Å². The number of rotatable bonds is 2. The number of aryl methyl sites for hydroxylation is 1. The minimum absolute atomic E-state index is 0.118. The van der Waals surface area contributed by atoms with E-state index in [-0.39, 0.29) is 16.7 Å². The number of nitrogen functional groups attached to an aromatic ring is 1. The lowest BCUT2D eigenvalue weighted by Crippen LogP contribution is -2.05. The average molecular weight is 372 g/mol. The van der Waals surface area contributed by atoms with Gasteiger partial charge in [-0.1, -0.05) is 11.6 Å². The minimum atomic E-state index is -4.50. The molecule has 0 atom stereocenters. The molecule has 5 nitrogen and oxygen atoms in total. The molecular formula is C14H9ClF3N5S. The number of thiazole rings is 1. The van der Waals surface area contributed by atoms with Crippen LogP contribution in [0.2, 0.25) is 5.02 Å². The van der Waals surface area contributed by atoms with Gasteiger partial charge < -0.3 is 5.73 Å². The molecule has 0 saturated carbocycles. The maximum atomic E-state index is 12.7. The lowest BCUT2D eigenvalue weighted by atomic mass is 10.2. The second-order valence-corrected chi connectivity index (χ2v) is 6.19. The van der Waals surface area contributed by atoms with Crippen LogP contribution in [-0.2, 0) is 6.18 Å². The van der Waals surface area contributed by atoms with Crippen LogP contribution >= 0.6 is 22.9 Å². The standard InChI is InChI=1S/C14H9ClF3N5S/c1-6-11(9-2-3-20-13(19)23-9)24-12(22-6)10-8(15)4-7(5-21-10)14(16,17)18/h2-5H,1H3,(H2,19,20,23). The second-order valence-electron chi connectivity index (χ2n) is 4.79. The summed E-state index contributed by atoms with van der Waals surface area (Å²) in [5.74, 6) is 0.118. The summed E-state index contributed by atoms with van der Waals surface area (Å²) in [7, 11) is 0. The smallest absolute Gasteiger partial charge is 0.368 e. The van der Waals surface area contributed by atoms with Crippen molar-refractivity contribution in [3.05, 3.63) is 40.8 Å². The van der Waals surface area contributed by atoms with E-state index in [9.17, 15) is 13.2 Å². The summed E-state index contributed by atoms with van der Waals surface area (Å²) in [5, 5.41) is 0.283. The Kier molecular flexibility index (Phi) is 4.14. The highest BCUT2D eigenvalue weighted by atomic mass is 35.5. The number of anilines is 1. The van der Waals surface area contributed by atoms with Gasteiger partial charge in [0.05, 0.1) is 26.9 Å². The molecule has 3 heterocycles. The van der Waals surface area contributed by atoms with E-state index in [0.29, 0.717) is 16.4 Å². The third-order valence-electron chi connectivity index (χ3n) is 3.07. The van der Waals surface area contributed by atoms with Crippen LogP contribution < -0.4 is 5.73 Å². The third kappa shape index (κ3) is 3.17. The SMILES string of the molecule is Cc1nc(-c2ncc(C(F)(F)F)cc2Cl)sc1-c1ccnc(N)n1. The molecule has 0 amide bonds. The van der Waals surface area contributed by atoms with E-state index in [1.807, 2.05) is 0 Å². The number of hydrogen-bond donors (Lipinski definition) is 1. The highest BCUT2D eigenvalue weighted by Crippen LogP contribution is 2.38. The number of aromatic nitrogens is 4. The summed E-state index contributed by atoms with van der Waals surface area (Å²) in [6.07, 6.45) is -2.25. The Balaban J connectivity index is 2.04. The van der Waals surface area contributed by atoms with Crippen LogP contribution in [0, 0.1) is 6.92 Å². The van der Waals surface area contributed by atoms with Crippen LogP contribution in [-0.4, -0.2) is 19.9 Å². The molecule has 0 spiro atoms. The van der Waals surface area contributed by atoms with Crippen LogP contribution in [0.3, 0.4) is 0 Å². The molecule has 124 valence electrons. The van der Waals surface area contributed by atoms with Crippen molar-refractivity contribution in [2.45, 2.75) is 13.1 Å². The highest BCUT2D eigenvalue weighted by molar-refractivity contribution is 7.18. The largest absolute Gasteiger partial charge is 0.417 e. The zero-order chi connectivity index (χ0) is 17.5. The average Bonchev–Trinajstić information content (AvgIpc) is 2.88. The maximum absolute atomic E-state index is 12.7. The molecule has 0 fully saturated rings. The molecule has 10 heteroatoms. The van der Waals surface area contributed by atoms with Gasteiger partial charge in [0.15, 0.2) is 0 Å². The Labute approximate surface area is 143 Å². The number of alkyl halides is 3. The van der Waals surface area contributed by atoms with Crippen LogP contribution in [0.1, 0.15) is 11.3 Å². The fourth-order valence-electron chi connectivity index (χ4n) is 1.99. The molecule has 3 aromatic heterocycles. The molecule has 0 aliphatic heterocycles. The molecule has 3 rings (SSSR count). The molecule has 0 aromatic carbocycles. The van der Waals surface area contributed by atoms with E-state index in [4.69, 9.17) is 17.3 Å². The third-order valence-corrected chi connectivity index (χ3v) is 4.55. The van der Waals surface area contributed by atoms with Gasteiger partial charge in [0.1, 0.15) is 10.7 Å². The fraction of sp³-hybridized carbons (Fsp3) is 0.143. The summed E-state index contributed by atoms with van der Waals surface area (Å²) in [6.45, 7) is 1.76. The van der Waals surface area contributed by atoms with Gasteiger partial charge in [-0.3, -0.25) is 4.98 Å².